The van der Waals surface area contributed by atoms with Crippen molar-refractivity contribution in [1.29, 1.82) is 0 Å². The normalized spacial score (nSPS) is 20.9. The molecule has 1 aromatic rings. The van der Waals surface area contributed by atoms with Crippen LogP contribution in [0.4, 0.5) is 5.82 Å². The van der Waals surface area contributed by atoms with E-state index < -0.39 is 0 Å². The van der Waals surface area contributed by atoms with Gasteiger partial charge in [-0.1, -0.05) is 0 Å². The van der Waals surface area contributed by atoms with Gasteiger partial charge >= 0.3 is 0 Å². The molecule has 32 heavy (non-hydrogen) atoms. The summed E-state index contributed by atoms with van der Waals surface area (Å²) < 4.78 is 0. The van der Waals surface area contributed by atoms with Crippen molar-refractivity contribution < 1.29 is 4.79 Å². The van der Waals surface area contributed by atoms with Crippen LogP contribution in [0.25, 0.3) is 0 Å². The standard InChI is InChI=1S/C23H37N7O.HI/c1-19(22(31)29-11-5-6-12-29)27-13-15-30(16-14-27)23(24-2)26-18-20-7-8-25-21(17-20)28-9-3-4-10-28;/h7-8,17,19H,3-6,9-16,18H2,1-2H3,(H,24,26);1H. The summed E-state index contributed by atoms with van der Waals surface area (Å²) in [5, 5.41) is 3.52. The number of rotatable bonds is 5. The molecular weight excluding hydrogens is 517 g/mol. The lowest BCUT2D eigenvalue weighted by molar-refractivity contribution is -0.135. The molecule has 178 valence electrons. The third kappa shape index (κ3) is 6.03. The Balaban J connectivity index is 0.00000289. The van der Waals surface area contributed by atoms with E-state index >= 15 is 0 Å². The van der Waals surface area contributed by atoms with Gasteiger partial charge in [-0.15, -0.1) is 24.0 Å². The molecule has 0 radical (unpaired) electrons. The molecule has 3 saturated heterocycles. The van der Waals surface area contributed by atoms with E-state index in [-0.39, 0.29) is 30.0 Å². The predicted octanol–water partition coefficient (Wildman–Crippen LogP) is 2.00. The molecule has 0 saturated carbocycles. The van der Waals surface area contributed by atoms with Crippen LogP contribution in [-0.2, 0) is 11.3 Å². The van der Waals surface area contributed by atoms with Crippen molar-refractivity contribution in [1.82, 2.24) is 25.0 Å². The molecule has 1 unspecified atom stereocenters. The Morgan fingerprint density at radius 1 is 1.03 bits per heavy atom. The summed E-state index contributed by atoms with van der Waals surface area (Å²) in [6, 6.07) is 4.23. The molecular formula is C23H38IN7O. The smallest absolute Gasteiger partial charge is 0.239 e. The van der Waals surface area contributed by atoms with Gasteiger partial charge < -0.3 is 20.0 Å². The highest BCUT2D eigenvalue weighted by Crippen LogP contribution is 2.18. The number of piperazine rings is 1. The zero-order chi connectivity index (χ0) is 21.6. The molecule has 1 N–H and O–H groups in total. The van der Waals surface area contributed by atoms with Gasteiger partial charge in [0.1, 0.15) is 5.82 Å². The topological polar surface area (TPSA) is 67.3 Å². The molecule has 3 aliphatic rings. The van der Waals surface area contributed by atoms with Gasteiger partial charge in [-0.3, -0.25) is 14.7 Å². The van der Waals surface area contributed by atoms with Crippen LogP contribution >= 0.6 is 24.0 Å². The summed E-state index contributed by atoms with van der Waals surface area (Å²) in [6.07, 6.45) is 6.71. The first-order valence-corrected chi connectivity index (χ1v) is 11.8. The van der Waals surface area contributed by atoms with Gasteiger partial charge in [-0.05, 0) is 50.3 Å². The number of hydrogen-bond donors (Lipinski definition) is 1. The van der Waals surface area contributed by atoms with Gasteiger partial charge in [0.25, 0.3) is 0 Å². The molecule has 1 amide bonds. The first kappa shape index (κ1) is 25.0. The van der Waals surface area contributed by atoms with Crippen molar-refractivity contribution in [3.63, 3.8) is 0 Å². The van der Waals surface area contributed by atoms with Crippen LogP contribution < -0.4 is 10.2 Å². The van der Waals surface area contributed by atoms with Crippen molar-refractivity contribution in [3.05, 3.63) is 23.9 Å². The lowest BCUT2D eigenvalue weighted by atomic mass is 10.2. The quantitative estimate of drug-likeness (QED) is 0.341. The number of carbonyl (C=O) groups excluding carboxylic acids is 1. The molecule has 3 aliphatic heterocycles. The number of guanidine groups is 1. The van der Waals surface area contributed by atoms with Gasteiger partial charge in [0, 0.05) is 72.1 Å². The molecule has 0 spiro atoms. The fourth-order valence-electron chi connectivity index (χ4n) is 4.88. The molecule has 0 bridgehead atoms. The fraction of sp³-hybridized carbons (Fsp3) is 0.696. The maximum Gasteiger partial charge on any atom is 0.239 e. The number of anilines is 1. The average molecular weight is 556 g/mol. The van der Waals surface area contributed by atoms with Crippen molar-refractivity contribution in [3.8, 4) is 0 Å². The molecule has 3 fully saturated rings. The molecule has 0 aromatic carbocycles. The summed E-state index contributed by atoms with van der Waals surface area (Å²) in [6.45, 7) is 10.4. The SMILES string of the molecule is CN=C(NCc1ccnc(N2CCCC2)c1)N1CCN(C(C)C(=O)N2CCCC2)CC1.I. The van der Waals surface area contributed by atoms with Gasteiger partial charge in [0.2, 0.25) is 5.91 Å². The Hall–Kier alpha value is -1.62. The van der Waals surface area contributed by atoms with Crippen molar-refractivity contribution in [2.24, 2.45) is 4.99 Å². The molecule has 1 atom stereocenters. The predicted molar refractivity (Wildman–Crippen MR) is 140 cm³/mol. The minimum absolute atomic E-state index is 0. The summed E-state index contributed by atoms with van der Waals surface area (Å²) in [7, 11) is 1.84. The zero-order valence-electron chi connectivity index (χ0n) is 19.5. The minimum Gasteiger partial charge on any atom is -0.357 e. The molecule has 4 heterocycles. The van der Waals surface area contributed by atoms with Crippen LogP contribution in [-0.4, -0.2) is 97.0 Å². The third-order valence-electron chi connectivity index (χ3n) is 6.84. The summed E-state index contributed by atoms with van der Waals surface area (Å²) >= 11 is 0. The van der Waals surface area contributed by atoms with E-state index in [4.69, 9.17) is 0 Å². The second-order valence-electron chi connectivity index (χ2n) is 8.85. The second-order valence-corrected chi connectivity index (χ2v) is 8.85. The van der Waals surface area contributed by atoms with E-state index in [2.05, 4.69) is 49.0 Å². The summed E-state index contributed by atoms with van der Waals surface area (Å²) in [5.41, 5.74) is 1.22. The number of likely N-dealkylation sites (tertiary alicyclic amines) is 1. The maximum absolute atomic E-state index is 12.7. The Labute approximate surface area is 209 Å². The Bertz CT molecular complexity index is 769. The highest BCUT2D eigenvalue weighted by Gasteiger charge is 2.30. The van der Waals surface area contributed by atoms with Crippen LogP contribution in [0.15, 0.2) is 23.3 Å². The first-order chi connectivity index (χ1) is 15.2. The summed E-state index contributed by atoms with van der Waals surface area (Å²) in [4.78, 5) is 30.8. The van der Waals surface area contributed by atoms with Crippen molar-refractivity contribution >= 4 is 41.7 Å². The van der Waals surface area contributed by atoms with Crippen LogP contribution in [0.1, 0.15) is 38.2 Å². The Morgan fingerprint density at radius 3 is 2.34 bits per heavy atom. The van der Waals surface area contributed by atoms with Gasteiger partial charge in [0.05, 0.1) is 6.04 Å². The average Bonchev–Trinajstić information content (AvgIpc) is 3.54. The van der Waals surface area contributed by atoms with Gasteiger partial charge in [0.15, 0.2) is 5.96 Å². The van der Waals surface area contributed by atoms with Crippen LogP contribution in [0, 0.1) is 0 Å². The van der Waals surface area contributed by atoms with Crippen LogP contribution in [0.3, 0.4) is 0 Å². The highest BCUT2D eigenvalue weighted by atomic mass is 127. The Kier molecular flexibility index (Phi) is 9.39. The van der Waals surface area contributed by atoms with Crippen molar-refractivity contribution in [2.75, 3.05) is 64.3 Å². The largest absolute Gasteiger partial charge is 0.357 e. The number of hydrogen-bond acceptors (Lipinski definition) is 5. The number of nitrogens with zero attached hydrogens (tertiary/aromatic N) is 6. The lowest BCUT2D eigenvalue weighted by Crippen LogP contribution is -2.57. The molecule has 4 rings (SSSR count). The maximum atomic E-state index is 12.7. The van der Waals surface area contributed by atoms with E-state index in [0.29, 0.717) is 5.91 Å². The number of aliphatic imine (C=N–C) groups is 1. The molecule has 0 aliphatic carbocycles. The van der Waals surface area contributed by atoms with E-state index in [1.165, 1.54) is 18.4 Å². The molecule has 8 nitrogen and oxygen atoms in total. The minimum atomic E-state index is -0.0314. The number of amides is 1. The van der Waals surface area contributed by atoms with E-state index in [0.717, 1.165) is 83.5 Å². The third-order valence-corrected chi connectivity index (χ3v) is 6.84. The van der Waals surface area contributed by atoms with Gasteiger partial charge in [-0.25, -0.2) is 4.98 Å². The monoisotopic (exact) mass is 555 g/mol. The van der Waals surface area contributed by atoms with Crippen LogP contribution in [0.5, 0.6) is 0 Å². The van der Waals surface area contributed by atoms with E-state index in [1.54, 1.807) is 0 Å². The number of aromatic nitrogens is 1. The van der Waals surface area contributed by atoms with Crippen molar-refractivity contribution in [2.45, 2.75) is 45.2 Å². The molecule has 1 aromatic heterocycles. The van der Waals surface area contributed by atoms with E-state index in [1.807, 2.05) is 18.1 Å². The molecule has 9 heteroatoms. The van der Waals surface area contributed by atoms with Gasteiger partial charge in [-0.2, -0.15) is 0 Å². The Morgan fingerprint density at radius 2 is 1.69 bits per heavy atom. The fourth-order valence-corrected chi connectivity index (χ4v) is 4.88. The highest BCUT2D eigenvalue weighted by molar-refractivity contribution is 14.0. The first-order valence-electron chi connectivity index (χ1n) is 11.8. The lowest BCUT2D eigenvalue weighted by Gasteiger charge is -2.39. The summed E-state index contributed by atoms with van der Waals surface area (Å²) in [5.74, 6) is 2.30. The van der Waals surface area contributed by atoms with Crippen LogP contribution in [0.2, 0.25) is 0 Å². The number of nitrogens with one attached hydrogen (secondary N) is 1. The zero-order valence-corrected chi connectivity index (χ0v) is 21.8. The second kappa shape index (κ2) is 12.0. The number of carbonyl (C=O) groups is 1. The number of halogens is 1. The number of pyridine rings is 1. The van der Waals surface area contributed by atoms with E-state index in [9.17, 15) is 4.79 Å².